The highest BCUT2D eigenvalue weighted by atomic mass is 32.2. The summed E-state index contributed by atoms with van der Waals surface area (Å²) in [5.74, 6) is -1.36. The zero-order chi connectivity index (χ0) is 19.5. The minimum atomic E-state index is -4.92. The van der Waals surface area contributed by atoms with Gasteiger partial charge in [-0.1, -0.05) is 18.2 Å². The first kappa shape index (κ1) is 19.7. The molecule has 0 atom stereocenters. The van der Waals surface area contributed by atoms with E-state index in [9.17, 15) is 26.4 Å². The molecular formula is C16H15F3N2O4S. The summed E-state index contributed by atoms with van der Waals surface area (Å²) in [5.41, 5.74) is -0.231. The van der Waals surface area contributed by atoms with Crippen LogP contribution >= 0.6 is 0 Å². The van der Waals surface area contributed by atoms with E-state index in [1.807, 2.05) is 0 Å². The van der Waals surface area contributed by atoms with Crippen LogP contribution in [0.15, 0.2) is 53.4 Å². The number of nitrogens with one attached hydrogen (secondary N) is 1. The summed E-state index contributed by atoms with van der Waals surface area (Å²) in [5, 5.41) is 2.28. The second kappa shape index (κ2) is 7.34. The van der Waals surface area contributed by atoms with E-state index in [4.69, 9.17) is 0 Å². The van der Waals surface area contributed by atoms with Crippen molar-refractivity contribution in [3.05, 3.63) is 54.1 Å². The van der Waals surface area contributed by atoms with Gasteiger partial charge in [0.05, 0.1) is 10.6 Å². The number of sulfonamides is 1. The van der Waals surface area contributed by atoms with Crippen LogP contribution in [-0.2, 0) is 10.0 Å². The Kier molecular flexibility index (Phi) is 5.57. The maximum Gasteiger partial charge on any atom is 0.573 e. The molecule has 10 heteroatoms. The van der Waals surface area contributed by atoms with Crippen LogP contribution in [0.4, 0.5) is 18.9 Å². The molecule has 0 aliphatic rings. The monoisotopic (exact) mass is 388 g/mol. The molecule has 0 heterocycles. The van der Waals surface area contributed by atoms with Gasteiger partial charge in [0.15, 0.2) is 5.75 Å². The molecule has 1 amide bonds. The number of nitrogens with zero attached hydrogens (tertiary/aromatic N) is 1. The number of ether oxygens (including phenoxy) is 1. The number of amides is 1. The maximum absolute atomic E-state index is 12.4. The molecular weight excluding hydrogens is 373 g/mol. The van der Waals surface area contributed by atoms with Gasteiger partial charge < -0.3 is 10.1 Å². The molecule has 0 saturated heterocycles. The Morgan fingerprint density at radius 2 is 1.73 bits per heavy atom. The average molecular weight is 388 g/mol. The van der Waals surface area contributed by atoms with E-state index < -0.39 is 28.0 Å². The molecule has 2 aromatic rings. The first-order chi connectivity index (χ1) is 12.0. The fourth-order valence-corrected chi connectivity index (χ4v) is 2.93. The van der Waals surface area contributed by atoms with Crippen molar-refractivity contribution >= 4 is 21.6 Å². The first-order valence-corrected chi connectivity index (χ1v) is 8.63. The largest absolute Gasteiger partial charge is 0.573 e. The highest BCUT2D eigenvalue weighted by Gasteiger charge is 2.32. The van der Waals surface area contributed by atoms with Crippen molar-refractivity contribution in [2.45, 2.75) is 11.3 Å². The van der Waals surface area contributed by atoms with E-state index in [-0.39, 0.29) is 16.1 Å². The van der Waals surface area contributed by atoms with Crippen molar-refractivity contribution in [2.75, 3.05) is 19.4 Å². The lowest BCUT2D eigenvalue weighted by molar-refractivity contribution is -0.274. The number of benzene rings is 2. The molecule has 0 radical (unpaired) electrons. The Hall–Kier alpha value is -2.59. The molecule has 0 saturated carbocycles. The van der Waals surface area contributed by atoms with Crippen molar-refractivity contribution < 1.29 is 31.1 Å². The Bertz CT molecular complexity index is 912. The summed E-state index contributed by atoms with van der Waals surface area (Å²) < 4.78 is 66.4. The molecule has 2 aromatic carbocycles. The third kappa shape index (κ3) is 4.73. The van der Waals surface area contributed by atoms with E-state index >= 15 is 0 Å². The van der Waals surface area contributed by atoms with E-state index in [1.54, 1.807) is 0 Å². The van der Waals surface area contributed by atoms with Gasteiger partial charge in [-0.25, -0.2) is 12.7 Å². The van der Waals surface area contributed by atoms with Crippen LogP contribution in [-0.4, -0.2) is 39.1 Å². The number of para-hydroxylation sites is 2. The van der Waals surface area contributed by atoms with Gasteiger partial charge in [0, 0.05) is 19.7 Å². The summed E-state index contributed by atoms with van der Waals surface area (Å²) in [6, 6.07) is 10.2. The van der Waals surface area contributed by atoms with Crippen molar-refractivity contribution in [2.24, 2.45) is 0 Å². The van der Waals surface area contributed by atoms with Gasteiger partial charge in [0.1, 0.15) is 0 Å². The topological polar surface area (TPSA) is 75.7 Å². The predicted octanol–water partition coefficient (Wildman–Crippen LogP) is 3.09. The van der Waals surface area contributed by atoms with E-state index in [0.29, 0.717) is 0 Å². The fourth-order valence-electron chi connectivity index (χ4n) is 1.99. The van der Waals surface area contributed by atoms with Crippen LogP contribution in [0.25, 0.3) is 0 Å². The van der Waals surface area contributed by atoms with E-state index in [2.05, 4.69) is 10.1 Å². The average Bonchev–Trinajstić information content (AvgIpc) is 2.55. The molecule has 2 rings (SSSR count). The van der Waals surface area contributed by atoms with Crippen LogP contribution in [0.1, 0.15) is 10.4 Å². The van der Waals surface area contributed by atoms with Gasteiger partial charge in [0.25, 0.3) is 5.91 Å². The van der Waals surface area contributed by atoms with Crippen molar-refractivity contribution in [3.8, 4) is 5.75 Å². The van der Waals surface area contributed by atoms with Crippen LogP contribution in [0.2, 0.25) is 0 Å². The van der Waals surface area contributed by atoms with Crippen LogP contribution in [0.3, 0.4) is 0 Å². The highest BCUT2D eigenvalue weighted by Crippen LogP contribution is 2.30. The molecule has 1 N–H and O–H groups in total. The maximum atomic E-state index is 12.4. The molecule has 0 unspecified atom stereocenters. The molecule has 6 nitrogen and oxygen atoms in total. The summed E-state index contributed by atoms with van der Waals surface area (Å²) in [6.45, 7) is 0. The second-order valence-corrected chi connectivity index (χ2v) is 7.47. The van der Waals surface area contributed by atoms with Crippen LogP contribution in [0, 0.1) is 0 Å². The Balaban J connectivity index is 2.30. The molecule has 0 aromatic heterocycles. The third-order valence-corrected chi connectivity index (χ3v) is 5.05. The first-order valence-electron chi connectivity index (χ1n) is 7.19. The van der Waals surface area contributed by atoms with Crippen molar-refractivity contribution in [3.63, 3.8) is 0 Å². The molecule has 0 aliphatic carbocycles. The quantitative estimate of drug-likeness (QED) is 0.854. The zero-order valence-electron chi connectivity index (χ0n) is 13.7. The summed E-state index contributed by atoms with van der Waals surface area (Å²) in [7, 11) is -1.08. The SMILES string of the molecule is CN(C)S(=O)(=O)c1cccc(C(=O)Nc2ccccc2OC(F)(F)F)c1. The van der Waals surface area contributed by atoms with Crippen LogP contribution < -0.4 is 10.1 Å². The molecule has 26 heavy (non-hydrogen) atoms. The summed E-state index contributed by atoms with van der Waals surface area (Å²) in [6.07, 6.45) is -4.92. The predicted molar refractivity (Wildman–Crippen MR) is 88.4 cm³/mol. The van der Waals surface area contributed by atoms with Crippen molar-refractivity contribution in [1.29, 1.82) is 0 Å². The number of hydrogen-bond donors (Lipinski definition) is 1. The number of rotatable bonds is 5. The Labute approximate surface area is 148 Å². The van der Waals surface area contributed by atoms with Crippen LogP contribution in [0.5, 0.6) is 5.75 Å². The Morgan fingerprint density at radius 1 is 1.08 bits per heavy atom. The van der Waals surface area contributed by atoms with Gasteiger partial charge in [0.2, 0.25) is 10.0 Å². The number of alkyl halides is 3. The lowest BCUT2D eigenvalue weighted by atomic mass is 10.2. The van der Waals surface area contributed by atoms with E-state index in [0.717, 1.165) is 16.4 Å². The normalized spacial score (nSPS) is 12.1. The molecule has 0 bridgehead atoms. The second-order valence-electron chi connectivity index (χ2n) is 5.31. The van der Waals surface area contributed by atoms with Gasteiger partial charge in [-0.3, -0.25) is 4.79 Å². The van der Waals surface area contributed by atoms with Gasteiger partial charge in [-0.05, 0) is 30.3 Å². The lowest BCUT2D eigenvalue weighted by Crippen LogP contribution is -2.23. The smallest absolute Gasteiger partial charge is 0.404 e. The lowest BCUT2D eigenvalue weighted by Gasteiger charge is -2.14. The molecule has 0 spiro atoms. The standard InChI is InChI=1S/C16H15F3N2O4S/c1-21(2)26(23,24)12-7-5-6-11(10-12)15(22)20-13-8-3-4-9-14(13)25-16(17,18)19/h3-10H,1-2H3,(H,20,22). The van der Waals surface area contributed by atoms with Gasteiger partial charge in [-0.15, -0.1) is 13.2 Å². The zero-order valence-corrected chi connectivity index (χ0v) is 14.6. The molecule has 0 fully saturated rings. The number of carbonyl (C=O) groups is 1. The van der Waals surface area contributed by atoms with Gasteiger partial charge in [-0.2, -0.15) is 0 Å². The Morgan fingerprint density at radius 3 is 2.35 bits per heavy atom. The number of hydrogen-bond acceptors (Lipinski definition) is 4. The summed E-state index contributed by atoms with van der Waals surface area (Å²) >= 11 is 0. The highest BCUT2D eigenvalue weighted by molar-refractivity contribution is 7.89. The third-order valence-electron chi connectivity index (χ3n) is 3.24. The number of anilines is 1. The number of halogens is 3. The van der Waals surface area contributed by atoms with Gasteiger partial charge >= 0.3 is 6.36 Å². The number of carbonyl (C=O) groups excluding carboxylic acids is 1. The summed E-state index contributed by atoms with van der Waals surface area (Å²) in [4.78, 5) is 12.2. The molecule has 0 aliphatic heterocycles. The van der Waals surface area contributed by atoms with Crippen molar-refractivity contribution in [1.82, 2.24) is 4.31 Å². The minimum Gasteiger partial charge on any atom is -0.404 e. The fraction of sp³-hybridized carbons (Fsp3) is 0.188. The minimum absolute atomic E-state index is 0.0327. The van der Waals surface area contributed by atoms with E-state index in [1.165, 1.54) is 50.5 Å². The molecule has 140 valence electrons.